The number of para-hydroxylation sites is 6. The normalized spacial score (nSPS) is 13.5. The molecular formula is C72H52N7OPt-3. The van der Waals surface area contributed by atoms with Gasteiger partial charge in [0.05, 0.1) is 27.8 Å². The summed E-state index contributed by atoms with van der Waals surface area (Å²) in [7, 11) is 2.09. The Bertz CT molecular complexity index is 5130. The van der Waals surface area contributed by atoms with E-state index in [1.165, 1.54) is 16.3 Å². The second kappa shape index (κ2) is 18.3. The van der Waals surface area contributed by atoms with E-state index in [-0.39, 0.29) is 26.5 Å². The second-order valence-electron chi connectivity index (χ2n) is 22.0. The zero-order chi connectivity index (χ0) is 56.0. The van der Waals surface area contributed by atoms with Gasteiger partial charge in [-0.2, -0.15) is 12.1 Å². The van der Waals surface area contributed by atoms with Crippen LogP contribution in [0.25, 0.3) is 110 Å². The minimum atomic E-state index is -2.54. The van der Waals surface area contributed by atoms with Crippen molar-refractivity contribution < 1.29 is 29.9 Å². The van der Waals surface area contributed by atoms with Crippen LogP contribution in [-0.2, 0) is 40.5 Å². The average molecular weight is 1230 g/mol. The molecule has 8 nitrogen and oxygen atoms in total. The molecule has 15 aromatic rings. The molecule has 81 heavy (non-hydrogen) atoms. The van der Waals surface area contributed by atoms with Gasteiger partial charge in [0.2, 0.25) is 0 Å². The predicted octanol–water partition coefficient (Wildman–Crippen LogP) is 18.3. The largest absolute Gasteiger partial charge is 0.509 e. The van der Waals surface area contributed by atoms with Crippen molar-refractivity contribution in [1.82, 2.24) is 23.3 Å². The van der Waals surface area contributed by atoms with Crippen LogP contribution in [0.3, 0.4) is 0 Å². The Morgan fingerprint density at radius 3 is 1.79 bits per heavy atom. The van der Waals surface area contributed by atoms with Crippen molar-refractivity contribution in [3.63, 3.8) is 0 Å². The Labute approximate surface area is 487 Å². The molecule has 9 heteroatoms. The van der Waals surface area contributed by atoms with Crippen molar-refractivity contribution >= 4 is 110 Å². The Morgan fingerprint density at radius 1 is 0.506 bits per heavy atom. The van der Waals surface area contributed by atoms with Crippen molar-refractivity contribution in [2.45, 2.75) is 26.2 Å². The van der Waals surface area contributed by atoms with Gasteiger partial charge in [-0.15, -0.1) is 48.1 Å². The molecule has 0 fully saturated rings. The Hall–Kier alpha value is -9.36. The third-order valence-corrected chi connectivity index (χ3v) is 16.4. The molecular weight excluding hydrogens is 1170 g/mol. The van der Waals surface area contributed by atoms with Gasteiger partial charge >= 0.3 is 0 Å². The summed E-state index contributed by atoms with van der Waals surface area (Å²) in [6, 6.07) is 80.6. The summed E-state index contributed by atoms with van der Waals surface area (Å²) in [6.07, 6.45) is 1.90. The zero-order valence-electron chi connectivity index (χ0n) is 47.7. The molecule has 0 bridgehead atoms. The monoisotopic (exact) mass is 1230 g/mol. The van der Waals surface area contributed by atoms with Crippen LogP contribution in [0.1, 0.15) is 30.4 Å². The predicted molar refractivity (Wildman–Crippen MR) is 331 cm³/mol. The van der Waals surface area contributed by atoms with Gasteiger partial charge in [-0.05, 0) is 88.7 Å². The van der Waals surface area contributed by atoms with Gasteiger partial charge in [0.25, 0.3) is 0 Å². The minimum absolute atomic E-state index is 0. The quantitative estimate of drug-likeness (QED) is 0.149. The average Bonchev–Trinajstić information content (AvgIpc) is 1.89. The fourth-order valence-corrected chi connectivity index (χ4v) is 12.8. The van der Waals surface area contributed by atoms with E-state index in [0.717, 1.165) is 111 Å². The molecule has 0 saturated carbocycles. The molecule has 0 amide bonds. The summed E-state index contributed by atoms with van der Waals surface area (Å²) in [6.45, 7) is 6.19. The SMILES string of the molecule is [2H]C([2H])([2H])n1c2ccccc2c2c(-c3ccccc3)c3c4ccccc4n(C)c3c(N3[CH-]N(c4[c-]c(Oc5[c-]c6c(cc5)c5cc(-n7c8ccccc8c8ccccc87)ccc5n6-c5cc(C(C)(C)C)ccn5)ccc4)c4ccccc43)c21.[Pt]. The van der Waals surface area contributed by atoms with Gasteiger partial charge in [0.1, 0.15) is 5.82 Å². The molecule has 0 radical (unpaired) electrons. The van der Waals surface area contributed by atoms with Crippen molar-refractivity contribution in [1.29, 1.82) is 0 Å². The van der Waals surface area contributed by atoms with Crippen LogP contribution in [0, 0.1) is 18.8 Å². The number of hydrogen-bond acceptors (Lipinski definition) is 4. The number of hydrogen-bond donors (Lipinski definition) is 0. The van der Waals surface area contributed by atoms with Crippen molar-refractivity contribution in [2.24, 2.45) is 14.0 Å². The molecule has 5 aromatic heterocycles. The van der Waals surface area contributed by atoms with Crippen molar-refractivity contribution in [3.8, 4) is 34.1 Å². The first kappa shape index (κ1) is 45.5. The van der Waals surface area contributed by atoms with Crippen LogP contribution in [0.2, 0.25) is 0 Å². The first-order valence-electron chi connectivity index (χ1n) is 28.6. The Morgan fingerprint density at radius 2 is 1.10 bits per heavy atom. The zero-order valence-corrected chi connectivity index (χ0v) is 47.0. The number of aryl methyl sites for hydroxylation is 2. The summed E-state index contributed by atoms with van der Waals surface area (Å²) >= 11 is 0. The van der Waals surface area contributed by atoms with E-state index < -0.39 is 6.98 Å². The van der Waals surface area contributed by atoms with Crippen LogP contribution in [0.4, 0.5) is 22.7 Å². The van der Waals surface area contributed by atoms with Gasteiger partial charge in [-0.1, -0.05) is 142 Å². The molecule has 1 aliphatic rings. The van der Waals surface area contributed by atoms with Gasteiger partial charge in [0.15, 0.2) is 0 Å². The smallest absolute Gasteiger partial charge is 0.135 e. The third kappa shape index (κ3) is 7.29. The van der Waals surface area contributed by atoms with Gasteiger partial charge in [0, 0.05) is 128 Å². The van der Waals surface area contributed by atoms with E-state index in [2.05, 4.69) is 222 Å². The van der Waals surface area contributed by atoms with Crippen LogP contribution < -0.4 is 14.5 Å². The number of anilines is 4. The fourth-order valence-electron chi connectivity index (χ4n) is 12.8. The second-order valence-corrected chi connectivity index (χ2v) is 22.0. The van der Waals surface area contributed by atoms with Crippen LogP contribution in [0.15, 0.2) is 219 Å². The molecule has 0 spiro atoms. The van der Waals surface area contributed by atoms with Crippen molar-refractivity contribution in [2.75, 3.05) is 9.80 Å². The van der Waals surface area contributed by atoms with E-state index in [0.29, 0.717) is 22.5 Å². The minimum Gasteiger partial charge on any atom is -0.509 e. The third-order valence-electron chi connectivity index (χ3n) is 16.4. The number of ether oxygens (including phenoxy) is 1. The van der Waals surface area contributed by atoms with E-state index in [9.17, 15) is 4.11 Å². The maximum absolute atomic E-state index is 9.27. The van der Waals surface area contributed by atoms with Gasteiger partial charge < -0.3 is 32.8 Å². The van der Waals surface area contributed by atoms with E-state index in [1.54, 1.807) is 4.57 Å². The molecule has 0 aliphatic carbocycles. The van der Waals surface area contributed by atoms with Crippen molar-refractivity contribution in [3.05, 3.63) is 243 Å². The maximum atomic E-state index is 9.27. The number of aromatic nitrogens is 5. The molecule has 0 saturated heterocycles. The summed E-state index contributed by atoms with van der Waals surface area (Å²) in [5.74, 6) is 1.82. The molecule has 0 unspecified atom stereocenters. The molecule has 0 atom stereocenters. The van der Waals surface area contributed by atoms with Gasteiger partial charge in [-0.25, -0.2) is 4.98 Å². The van der Waals surface area contributed by atoms with Crippen LogP contribution in [0.5, 0.6) is 11.5 Å². The molecule has 10 aromatic carbocycles. The first-order valence-corrected chi connectivity index (χ1v) is 27.1. The van der Waals surface area contributed by atoms with Crippen LogP contribution >= 0.6 is 0 Å². The number of rotatable bonds is 7. The summed E-state index contributed by atoms with van der Waals surface area (Å²) in [5.41, 5.74) is 14.7. The van der Waals surface area contributed by atoms with Crippen LogP contribution in [-0.4, -0.2) is 23.3 Å². The summed E-state index contributed by atoms with van der Waals surface area (Å²) in [4.78, 5) is 9.29. The molecule has 0 N–H and O–H groups in total. The molecule has 394 valence electrons. The molecule has 16 rings (SSSR count). The maximum Gasteiger partial charge on any atom is 0.135 e. The Kier molecular flexibility index (Phi) is 10.3. The standard InChI is InChI=1S/C72H52N7O.Pt/c1-72(2,3)46-38-39-73-65(40-46)79-61-37-34-48(78-59-30-15-9-24-51(59)52-25-10-16-31-60(52)78)42-56(61)53-36-35-50(43-64(53)79)80-49-23-19-22-47(41-49)76-44-77(63-33-18-17-32-62(63)76)71-69-67(54-26-11-13-28-57(54)74(69)4)66(45-20-7-6-8-21-45)68-55-27-12-14-29-58(55)75(5)70(68)71;/h6-40,42,44H,1-5H3;/q-3;/i4D3;. The summed E-state index contributed by atoms with van der Waals surface area (Å²) in [5, 5.41) is 8.37. The molecule has 1 aliphatic heterocycles. The molecule has 6 heterocycles. The first-order chi connectivity index (χ1) is 40.4. The summed E-state index contributed by atoms with van der Waals surface area (Å²) < 4.78 is 43.0. The number of benzene rings is 10. The van der Waals surface area contributed by atoms with Gasteiger partial charge in [-0.3, -0.25) is 0 Å². The number of nitrogens with zero attached hydrogens (tertiary/aromatic N) is 7. The van der Waals surface area contributed by atoms with E-state index >= 15 is 0 Å². The van der Waals surface area contributed by atoms with E-state index in [4.69, 9.17) is 9.72 Å². The number of pyridine rings is 1. The Balaban J connectivity index is 0.00000600. The topological polar surface area (TPSA) is 48.3 Å². The number of fused-ring (bicyclic) bond motifs is 13. The van der Waals surface area contributed by atoms with E-state index in [1.807, 2.05) is 66.9 Å². The fraction of sp³-hybridized carbons (Fsp3) is 0.0833.